The summed E-state index contributed by atoms with van der Waals surface area (Å²) in [5, 5.41) is 3.14. The zero-order valence-electron chi connectivity index (χ0n) is 17.6. The molecule has 1 atom stereocenters. The Hall–Kier alpha value is -2.48. The zero-order valence-corrected chi connectivity index (χ0v) is 18.4. The summed E-state index contributed by atoms with van der Waals surface area (Å²) >= 11 is 1.55. The summed E-state index contributed by atoms with van der Waals surface area (Å²) in [4.78, 5) is 36.7. The number of aryl methyl sites for hydroxylation is 2. The lowest BCUT2D eigenvalue weighted by molar-refractivity contribution is -0.136. The molecule has 2 aromatic rings. The van der Waals surface area contributed by atoms with Crippen molar-refractivity contribution in [2.75, 3.05) is 12.0 Å². The van der Waals surface area contributed by atoms with Gasteiger partial charge in [-0.3, -0.25) is 0 Å². The molecule has 2 rings (SSSR count). The van der Waals surface area contributed by atoms with Crippen molar-refractivity contribution in [1.29, 1.82) is 0 Å². The number of benzene rings is 1. The quantitative estimate of drug-likeness (QED) is 0.428. The van der Waals surface area contributed by atoms with E-state index in [-0.39, 0.29) is 5.75 Å². The third-order valence-corrected chi connectivity index (χ3v) is 4.59. The number of rotatable bonds is 6. The van der Waals surface area contributed by atoms with Gasteiger partial charge in [-0.15, -0.1) is 0 Å². The first kappa shape index (κ1) is 22.8. The predicted octanol–water partition coefficient (Wildman–Crippen LogP) is 3.96. The normalized spacial score (nSPS) is 12.5. The Balaban J connectivity index is 2.31. The number of ether oxygens (including phenoxy) is 2. The molecule has 1 heterocycles. The van der Waals surface area contributed by atoms with Gasteiger partial charge in [-0.1, -0.05) is 0 Å². The summed E-state index contributed by atoms with van der Waals surface area (Å²) in [6.07, 6.45) is 1.61. The first-order valence-electron chi connectivity index (χ1n) is 9.25. The van der Waals surface area contributed by atoms with Crippen molar-refractivity contribution in [1.82, 2.24) is 5.32 Å². The minimum Gasteiger partial charge on any atom is -0.444 e. The minimum atomic E-state index is -0.871. The lowest BCUT2D eigenvalue weighted by atomic mass is 10.1. The smallest absolute Gasteiger partial charge is 0.408 e. The Kier molecular flexibility index (Phi) is 7.35. The Morgan fingerprint density at radius 2 is 1.90 bits per heavy atom. The number of carbonyl (C=O) groups excluding carboxylic acids is 2. The van der Waals surface area contributed by atoms with Crippen molar-refractivity contribution in [2.24, 2.45) is 0 Å². The van der Waals surface area contributed by atoms with Gasteiger partial charge in [0.1, 0.15) is 23.0 Å². The van der Waals surface area contributed by atoms with Crippen LogP contribution < -0.4 is 15.7 Å². The van der Waals surface area contributed by atoms with Crippen molar-refractivity contribution in [3.8, 4) is 5.75 Å². The molecular formula is C21H27NO6S. The van der Waals surface area contributed by atoms with Crippen LogP contribution in [-0.2, 0) is 9.53 Å². The monoisotopic (exact) mass is 421 g/mol. The molecule has 0 radical (unpaired) electrons. The summed E-state index contributed by atoms with van der Waals surface area (Å²) in [5.41, 5.74) is 0.606. The Morgan fingerprint density at radius 1 is 1.21 bits per heavy atom. The van der Waals surface area contributed by atoms with Gasteiger partial charge >= 0.3 is 17.7 Å². The maximum Gasteiger partial charge on any atom is 0.408 e. The molecule has 0 aliphatic rings. The number of hydrogen-bond acceptors (Lipinski definition) is 7. The molecule has 29 heavy (non-hydrogen) atoms. The van der Waals surface area contributed by atoms with Gasteiger partial charge in [-0.2, -0.15) is 11.8 Å². The number of esters is 1. The molecule has 1 aromatic heterocycles. The molecule has 158 valence electrons. The summed E-state index contributed by atoms with van der Waals surface area (Å²) in [7, 11) is 0. The number of nitrogens with one attached hydrogen (secondary N) is 1. The topological polar surface area (TPSA) is 94.8 Å². The molecule has 0 spiro atoms. The number of hydrogen-bond donors (Lipinski definition) is 1. The molecule has 0 saturated carbocycles. The van der Waals surface area contributed by atoms with Crippen LogP contribution in [-0.4, -0.2) is 35.7 Å². The van der Waals surface area contributed by atoms with Crippen molar-refractivity contribution in [2.45, 2.75) is 52.7 Å². The molecule has 1 aromatic carbocycles. The van der Waals surface area contributed by atoms with Gasteiger partial charge in [0.25, 0.3) is 0 Å². The van der Waals surface area contributed by atoms with Crippen molar-refractivity contribution in [3.05, 3.63) is 39.7 Å². The fourth-order valence-corrected chi connectivity index (χ4v) is 3.24. The molecular weight excluding hydrogens is 394 g/mol. The van der Waals surface area contributed by atoms with Crippen LogP contribution in [0.1, 0.15) is 38.3 Å². The average molecular weight is 422 g/mol. The molecule has 8 heteroatoms. The van der Waals surface area contributed by atoms with Crippen LogP contribution in [0.3, 0.4) is 0 Å². The van der Waals surface area contributed by atoms with Crippen LogP contribution in [0, 0.1) is 13.8 Å². The number of thioether (sulfide) groups is 1. The van der Waals surface area contributed by atoms with Gasteiger partial charge in [-0.05, 0) is 76.3 Å². The highest BCUT2D eigenvalue weighted by atomic mass is 32.2. The molecule has 7 nitrogen and oxygen atoms in total. The number of fused-ring (bicyclic) bond motifs is 1. The van der Waals surface area contributed by atoms with Gasteiger partial charge < -0.3 is 19.2 Å². The second kappa shape index (κ2) is 9.35. The number of carbonyl (C=O) groups is 2. The average Bonchev–Trinajstić information content (AvgIpc) is 2.55. The molecule has 0 bridgehead atoms. The van der Waals surface area contributed by atoms with Gasteiger partial charge in [0.2, 0.25) is 0 Å². The molecule has 0 fully saturated rings. The molecule has 0 aliphatic carbocycles. The molecule has 0 saturated heterocycles. The summed E-state index contributed by atoms with van der Waals surface area (Å²) in [6, 6.07) is 3.89. The van der Waals surface area contributed by atoms with E-state index in [1.54, 1.807) is 51.6 Å². The van der Waals surface area contributed by atoms with E-state index in [9.17, 15) is 14.4 Å². The van der Waals surface area contributed by atoms with E-state index in [0.717, 1.165) is 5.56 Å². The van der Waals surface area contributed by atoms with Crippen LogP contribution in [0.5, 0.6) is 5.75 Å². The van der Waals surface area contributed by atoms with Crippen LogP contribution in [0.15, 0.2) is 27.4 Å². The summed E-state index contributed by atoms with van der Waals surface area (Å²) in [5.74, 6) is 0.326. The highest BCUT2D eigenvalue weighted by molar-refractivity contribution is 7.98. The van der Waals surface area contributed by atoms with E-state index < -0.39 is 29.3 Å². The van der Waals surface area contributed by atoms with Gasteiger partial charge in [0.15, 0.2) is 0 Å². The molecule has 1 N–H and O–H groups in total. The van der Waals surface area contributed by atoms with E-state index in [2.05, 4.69) is 5.32 Å². The SMILES string of the molecule is CSCC[C@H](NC(=O)OC(C)(C)C)C(=O)Oc1cc(C)cc2oc(=O)cc(C)c12. The van der Waals surface area contributed by atoms with Crippen LogP contribution in [0.2, 0.25) is 0 Å². The Labute approximate surface area is 174 Å². The maximum atomic E-state index is 12.9. The van der Waals surface area contributed by atoms with E-state index in [0.29, 0.717) is 28.7 Å². The van der Waals surface area contributed by atoms with Gasteiger partial charge in [0, 0.05) is 6.07 Å². The standard InChI is InChI=1S/C21H27NO6S/c1-12-9-15-18(13(2)11-17(23)26-15)16(10-12)27-19(24)14(7-8-29-6)22-20(25)28-21(3,4)5/h9-11,14H,7-8H2,1-6H3,(H,22,25)/t14-/m0/s1. The van der Waals surface area contributed by atoms with E-state index in [4.69, 9.17) is 13.9 Å². The number of alkyl carbamates (subject to hydrolysis) is 1. The number of amides is 1. The van der Waals surface area contributed by atoms with Gasteiger partial charge in [0.05, 0.1) is 5.39 Å². The maximum absolute atomic E-state index is 12.9. The fraction of sp³-hybridized carbons (Fsp3) is 0.476. The molecule has 0 aliphatic heterocycles. The zero-order chi connectivity index (χ0) is 21.8. The first-order valence-corrected chi connectivity index (χ1v) is 10.6. The highest BCUT2D eigenvalue weighted by Crippen LogP contribution is 2.30. The molecule has 0 unspecified atom stereocenters. The van der Waals surface area contributed by atoms with Crippen LogP contribution >= 0.6 is 11.8 Å². The van der Waals surface area contributed by atoms with E-state index >= 15 is 0 Å². The van der Waals surface area contributed by atoms with Crippen molar-refractivity contribution in [3.63, 3.8) is 0 Å². The summed E-state index contributed by atoms with van der Waals surface area (Å²) in [6.45, 7) is 8.80. The van der Waals surface area contributed by atoms with Crippen molar-refractivity contribution >= 4 is 34.8 Å². The second-order valence-corrected chi connectivity index (χ2v) is 8.77. The van der Waals surface area contributed by atoms with Crippen LogP contribution in [0.4, 0.5) is 4.79 Å². The Morgan fingerprint density at radius 3 is 2.52 bits per heavy atom. The van der Waals surface area contributed by atoms with Crippen LogP contribution in [0.25, 0.3) is 11.0 Å². The second-order valence-electron chi connectivity index (χ2n) is 7.79. The molecule has 1 amide bonds. The fourth-order valence-electron chi connectivity index (χ4n) is 2.77. The summed E-state index contributed by atoms with van der Waals surface area (Å²) < 4.78 is 16.1. The third-order valence-electron chi connectivity index (χ3n) is 3.95. The van der Waals surface area contributed by atoms with Crippen molar-refractivity contribution < 1.29 is 23.5 Å². The third kappa shape index (κ3) is 6.52. The first-order chi connectivity index (χ1) is 13.5. The lowest BCUT2D eigenvalue weighted by Crippen LogP contribution is -2.45. The Bertz CT molecular complexity index is 960. The van der Waals surface area contributed by atoms with E-state index in [1.807, 2.05) is 13.2 Å². The lowest BCUT2D eigenvalue weighted by Gasteiger charge is -2.23. The predicted molar refractivity (Wildman–Crippen MR) is 114 cm³/mol. The largest absolute Gasteiger partial charge is 0.444 e. The minimum absolute atomic E-state index is 0.284. The van der Waals surface area contributed by atoms with Gasteiger partial charge in [-0.25, -0.2) is 14.4 Å². The van der Waals surface area contributed by atoms with E-state index in [1.165, 1.54) is 6.07 Å². The highest BCUT2D eigenvalue weighted by Gasteiger charge is 2.26.